The molecule has 0 aliphatic heterocycles. The number of Topliss-reactive ketones (excluding diaryl/α,β-unsaturated/α-hetero) is 1. The Balaban J connectivity index is 2.22. The molecule has 1 unspecified atom stereocenters. The molecule has 1 N–H and O–H groups in total. The zero-order chi connectivity index (χ0) is 16.8. The summed E-state index contributed by atoms with van der Waals surface area (Å²) in [4.78, 5) is 24.7. The molecule has 1 atom stereocenters. The van der Waals surface area contributed by atoms with Gasteiger partial charge in [0, 0.05) is 6.04 Å². The van der Waals surface area contributed by atoms with E-state index in [2.05, 4.69) is 5.32 Å². The number of esters is 1. The molecule has 0 radical (unpaired) electrons. The normalized spacial score (nSPS) is 14.9. The molecule has 126 valence electrons. The van der Waals surface area contributed by atoms with Crippen molar-refractivity contribution in [3.05, 3.63) is 23.8 Å². The van der Waals surface area contributed by atoms with Gasteiger partial charge in [-0.1, -0.05) is 0 Å². The van der Waals surface area contributed by atoms with Crippen LogP contribution in [0.2, 0.25) is 0 Å². The number of benzene rings is 1. The Morgan fingerprint density at radius 2 is 2.00 bits per heavy atom. The summed E-state index contributed by atoms with van der Waals surface area (Å²) in [6.45, 7) is 2.04. The molecular formula is C17H23NO5. The standard InChI is InChI=1S/C17H23NO5/c1-4-23-16(19)10-14(18-11-5-6-11)17(20)13-9-12(21-2)7-8-15(13)22-3/h7-9,11,14,18H,4-6,10H2,1-3H3. The maximum Gasteiger partial charge on any atom is 0.307 e. The highest BCUT2D eigenvalue weighted by Crippen LogP contribution is 2.27. The maximum atomic E-state index is 12.9. The Labute approximate surface area is 136 Å². The van der Waals surface area contributed by atoms with Gasteiger partial charge in [0.1, 0.15) is 11.5 Å². The minimum atomic E-state index is -0.623. The van der Waals surface area contributed by atoms with Crippen molar-refractivity contribution >= 4 is 11.8 Å². The van der Waals surface area contributed by atoms with Gasteiger partial charge in [0.15, 0.2) is 5.78 Å². The van der Waals surface area contributed by atoms with Gasteiger partial charge in [-0.15, -0.1) is 0 Å². The summed E-state index contributed by atoms with van der Waals surface area (Å²) in [6, 6.07) is 4.71. The van der Waals surface area contributed by atoms with Crippen LogP contribution in [0.4, 0.5) is 0 Å². The summed E-state index contributed by atoms with van der Waals surface area (Å²) in [7, 11) is 3.04. The molecule has 6 nitrogen and oxygen atoms in total. The number of ketones is 1. The number of carbonyl (C=O) groups excluding carboxylic acids is 2. The average Bonchev–Trinajstić information content (AvgIpc) is 3.37. The van der Waals surface area contributed by atoms with Crippen LogP contribution in [-0.2, 0) is 9.53 Å². The molecular weight excluding hydrogens is 298 g/mol. The Bertz CT molecular complexity index is 568. The number of ether oxygens (including phenoxy) is 3. The van der Waals surface area contributed by atoms with E-state index < -0.39 is 6.04 Å². The van der Waals surface area contributed by atoms with E-state index >= 15 is 0 Å². The lowest BCUT2D eigenvalue weighted by Crippen LogP contribution is -2.40. The molecule has 1 aromatic rings. The van der Waals surface area contributed by atoms with E-state index in [4.69, 9.17) is 14.2 Å². The molecule has 1 aliphatic rings. The highest BCUT2D eigenvalue weighted by atomic mass is 16.5. The van der Waals surface area contributed by atoms with Gasteiger partial charge in [0.2, 0.25) is 0 Å². The fourth-order valence-corrected chi connectivity index (χ4v) is 2.34. The summed E-state index contributed by atoms with van der Waals surface area (Å²) in [5, 5.41) is 3.22. The van der Waals surface area contributed by atoms with E-state index in [0.29, 0.717) is 23.7 Å². The molecule has 0 saturated heterocycles. The van der Waals surface area contributed by atoms with Gasteiger partial charge < -0.3 is 19.5 Å². The van der Waals surface area contributed by atoms with E-state index in [1.54, 1.807) is 25.1 Å². The zero-order valence-corrected chi connectivity index (χ0v) is 13.8. The van der Waals surface area contributed by atoms with Crippen molar-refractivity contribution in [1.29, 1.82) is 0 Å². The van der Waals surface area contributed by atoms with E-state index in [1.807, 2.05) is 0 Å². The van der Waals surface area contributed by atoms with Crippen LogP contribution in [0.5, 0.6) is 11.5 Å². The summed E-state index contributed by atoms with van der Waals surface area (Å²) < 4.78 is 15.4. The number of carbonyl (C=O) groups is 2. The molecule has 1 fully saturated rings. The number of nitrogens with one attached hydrogen (secondary N) is 1. The highest BCUT2D eigenvalue weighted by Gasteiger charge is 2.32. The third kappa shape index (κ3) is 4.69. The molecule has 0 spiro atoms. The van der Waals surface area contributed by atoms with Gasteiger partial charge in [0.05, 0.1) is 38.9 Å². The van der Waals surface area contributed by atoms with Crippen molar-refractivity contribution < 1.29 is 23.8 Å². The van der Waals surface area contributed by atoms with Crippen molar-refractivity contribution in [2.24, 2.45) is 0 Å². The number of rotatable bonds is 9. The molecule has 6 heteroatoms. The molecule has 1 aliphatic carbocycles. The van der Waals surface area contributed by atoms with Crippen molar-refractivity contribution in [3.8, 4) is 11.5 Å². The van der Waals surface area contributed by atoms with Gasteiger partial charge >= 0.3 is 5.97 Å². The van der Waals surface area contributed by atoms with Crippen LogP contribution in [0.25, 0.3) is 0 Å². The van der Waals surface area contributed by atoms with E-state index in [9.17, 15) is 9.59 Å². The third-order valence-electron chi connectivity index (χ3n) is 3.68. The molecule has 0 amide bonds. The summed E-state index contributed by atoms with van der Waals surface area (Å²) in [5.74, 6) is 0.444. The predicted molar refractivity (Wildman–Crippen MR) is 85.1 cm³/mol. The summed E-state index contributed by atoms with van der Waals surface area (Å²) in [5.41, 5.74) is 0.397. The smallest absolute Gasteiger partial charge is 0.307 e. The van der Waals surface area contributed by atoms with Gasteiger partial charge in [0.25, 0.3) is 0 Å². The molecule has 1 saturated carbocycles. The van der Waals surface area contributed by atoms with Crippen LogP contribution in [0.3, 0.4) is 0 Å². The number of hydrogen-bond acceptors (Lipinski definition) is 6. The fourth-order valence-electron chi connectivity index (χ4n) is 2.34. The van der Waals surface area contributed by atoms with Gasteiger partial charge in [-0.25, -0.2) is 0 Å². The maximum absolute atomic E-state index is 12.9. The van der Waals surface area contributed by atoms with Crippen molar-refractivity contribution in [1.82, 2.24) is 5.32 Å². The van der Waals surface area contributed by atoms with Gasteiger partial charge in [-0.05, 0) is 38.0 Å². The minimum absolute atomic E-state index is 0.00351. The average molecular weight is 321 g/mol. The SMILES string of the molecule is CCOC(=O)CC(NC1CC1)C(=O)c1cc(OC)ccc1OC. The zero-order valence-electron chi connectivity index (χ0n) is 13.8. The van der Waals surface area contributed by atoms with Crippen molar-refractivity contribution in [2.45, 2.75) is 38.3 Å². The summed E-state index contributed by atoms with van der Waals surface area (Å²) in [6.07, 6.45) is 2.03. The second kappa shape index (κ2) is 7.97. The van der Waals surface area contributed by atoms with Gasteiger partial charge in [-0.2, -0.15) is 0 Å². The lowest BCUT2D eigenvalue weighted by atomic mass is 10.00. The quantitative estimate of drug-likeness (QED) is 0.554. The first-order valence-corrected chi connectivity index (χ1v) is 7.77. The predicted octanol–water partition coefficient (Wildman–Crippen LogP) is 1.96. The van der Waals surface area contributed by atoms with Crippen LogP contribution >= 0.6 is 0 Å². The second-order valence-corrected chi connectivity index (χ2v) is 5.43. The van der Waals surface area contributed by atoms with Crippen LogP contribution in [0.15, 0.2) is 18.2 Å². The largest absolute Gasteiger partial charge is 0.497 e. The van der Waals surface area contributed by atoms with Crippen LogP contribution < -0.4 is 14.8 Å². The molecule has 0 bridgehead atoms. The number of hydrogen-bond donors (Lipinski definition) is 1. The lowest BCUT2D eigenvalue weighted by Gasteiger charge is -2.18. The minimum Gasteiger partial charge on any atom is -0.497 e. The fraction of sp³-hybridized carbons (Fsp3) is 0.529. The Kier molecular flexibility index (Phi) is 5.98. The molecule has 0 heterocycles. The first kappa shape index (κ1) is 17.3. The molecule has 23 heavy (non-hydrogen) atoms. The molecule has 0 aromatic heterocycles. The number of methoxy groups -OCH3 is 2. The molecule has 2 rings (SSSR count). The highest BCUT2D eigenvalue weighted by molar-refractivity contribution is 6.04. The monoisotopic (exact) mass is 321 g/mol. The summed E-state index contributed by atoms with van der Waals surface area (Å²) >= 11 is 0. The van der Waals surface area contributed by atoms with E-state index in [-0.39, 0.29) is 24.2 Å². The topological polar surface area (TPSA) is 73.9 Å². The third-order valence-corrected chi connectivity index (χ3v) is 3.68. The van der Waals surface area contributed by atoms with Crippen LogP contribution in [-0.4, -0.2) is 44.7 Å². The van der Waals surface area contributed by atoms with E-state index in [0.717, 1.165) is 12.8 Å². The Morgan fingerprint density at radius 3 is 2.57 bits per heavy atom. The first-order chi connectivity index (χ1) is 11.1. The van der Waals surface area contributed by atoms with Gasteiger partial charge in [-0.3, -0.25) is 9.59 Å². The van der Waals surface area contributed by atoms with Crippen molar-refractivity contribution in [2.75, 3.05) is 20.8 Å². The second-order valence-electron chi connectivity index (χ2n) is 5.43. The molecule has 1 aromatic carbocycles. The van der Waals surface area contributed by atoms with Crippen LogP contribution in [0, 0.1) is 0 Å². The van der Waals surface area contributed by atoms with Crippen molar-refractivity contribution in [3.63, 3.8) is 0 Å². The first-order valence-electron chi connectivity index (χ1n) is 7.77. The van der Waals surface area contributed by atoms with Crippen LogP contribution in [0.1, 0.15) is 36.5 Å². The Hall–Kier alpha value is -2.08. The lowest BCUT2D eigenvalue weighted by molar-refractivity contribution is -0.143. The Morgan fingerprint density at radius 1 is 1.26 bits per heavy atom. The van der Waals surface area contributed by atoms with E-state index in [1.165, 1.54) is 14.2 Å².